The highest BCUT2D eigenvalue weighted by atomic mass is 15.4. The fourth-order valence-electron chi connectivity index (χ4n) is 1.27. The Labute approximate surface area is 87.9 Å². The Hall–Kier alpha value is -1.91. The molecule has 0 radical (unpaired) electrons. The van der Waals surface area contributed by atoms with E-state index in [1.807, 2.05) is 12.1 Å². The summed E-state index contributed by atoms with van der Waals surface area (Å²) in [5.74, 6) is 1.95. The largest absolute Gasteiger partial charge is 0.322 e. The zero-order chi connectivity index (χ0) is 10.7. The number of hydrogen-bond donors (Lipinski definition) is 2. The van der Waals surface area contributed by atoms with Gasteiger partial charge in [-0.15, -0.1) is 5.10 Å². The average molecular weight is 203 g/mol. The summed E-state index contributed by atoms with van der Waals surface area (Å²) in [4.78, 5) is 4.20. The molecule has 0 saturated carbocycles. The molecule has 0 aromatic carbocycles. The van der Waals surface area contributed by atoms with Crippen molar-refractivity contribution in [3.05, 3.63) is 30.1 Å². The highest BCUT2D eigenvalue weighted by Crippen LogP contribution is 2.18. The Morgan fingerprint density at radius 1 is 1.33 bits per heavy atom. The molecule has 0 unspecified atom stereocenters. The van der Waals surface area contributed by atoms with Gasteiger partial charge in [0.2, 0.25) is 0 Å². The number of aromatic amines is 1. The fraction of sp³-hybridized carbons (Fsp3) is 0.300. The lowest BCUT2D eigenvalue weighted by Crippen LogP contribution is -1.96. The minimum absolute atomic E-state index is 0.492. The van der Waals surface area contributed by atoms with Crippen LogP contribution in [0.2, 0.25) is 0 Å². The van der Waals surface area contributed by atoms with Crippen molar-refractivity contribution >= 4 is 11.6 Å². The van der Waals surface area contributed by atoms with Crippen LogP contribution in [-0.4, -0.2) is 20.4 Å². The lowest BCUT2D eigenvalue weighted by Gasteiger charge is -2.07. The molecule has 15 heavy (non-hydrogen) atoms. The van der Waals surface area contributed by atoms with E-state index in [0.717, 1.165) is 5.82 Å². The second kappa shape index (κ2) is 4.08. The summed E-state index contributed by atoms with van der Waals surface area (Å²) < 4.78 is 0. The number of nitrogens with zero attached hydrogens (tertiary/aromatic N) is 3. The van der Waals surface area contributed by atoms with Crippen molar-refractivity contribution in [2.45, 2.75) is 19.8 Å². The van der Waals surface area contributed by atoms with Gasteiger partial charge < -0.3 is 5.32 Å². The van der Waals surface area contributed by atoms with Crippen molar-refractivity contribution in [1.29, 1.82) is 0 Å². The maximum atomic E-state index is 4.20. The molecule has 0 aliphatic rings. The zero-order valence-electron chi connectivity index (χ0n) is 8.73. The van der Waals surface area contributed by atoms with Gasteiger partial charge in [-0.2, -0.15) is 10.3 Å². The number of nitrogens with one attached hydrogen (secondary N) is 2. The molecule has 2 aromatic rings. The van der Waals surface area contributed by atoms with E-state index in [4.69, 9.17) is 0 Å². The molecular formula is C10H13N5. The van der Waals surface area contributed by atoms with Gasteiger partial charge in [0.1, 0.15) is 5.82 Å². The zero-order valence-corrected chi connectivity index (χ0v) is 8.73. The molecule has 2 rings (SSSR count). The van der Waals surface area contributed by atoms with Gasteiger partial charge in [0.25, 0.3) is 0 Å². The summed E-state index contributed by atoms with van der Waals surface area (Å²) in [6.07, 6.45) is 3.40. The lowest BCUT2D eigenvalue weighted by atomic mass is 10.1. The molecule has 5 nitrogen and oxygen atoms in total. The first-order valence-corrected chi connectivity index (χ1v) is 4.84. The van der Waals surface area contributed by atoms with E-state index in [9.17, 15) is 0 Å². The summed E-state index contributed by atoms with van der Waals surface area (Å²) in [5, 5.41) is 13.2. The van der Waals surface area contributed by atoms with Crippen LogP contribution in [0.25, 0.3) is 0 Å². The molecule has 0 atom stereocenters. The van der Waals surface area contributed by atoms with Crippen LogP contribution < -0.4 is 5.32 Å². The first-order chi connectivity index (χ1) is 7.25. The van der Waals surface area contributed by atoms with Gasteiger partial charge in [-0.3, -0.25) is 0 Å². The van der Waals surface area contributed by atoms with Crippen LogP contribution >= 0.6 is 0 Å². The van der Waals surface area contributed by atoms with Crippen LogP contribution in [0, 0.1) is 0 Å². The van der Waals surface area contributed by atoms with Crippen LogP contribution in [0.1, 0.15) is 25.3 Å². The maximum absolute atomic E-state index is 4.20. The van der Waals surface area contributed by atoms with E-state index in [1.165, 1.54) is 5.56 Å². The van der Waals surface area contributed by atoms with Crippen LogP contribution in [-0.2, 0) is 0 Å². The maximum Gasteiger partial charge on any atom is 0.173 e. The Balaban J connectivity index is 2.18. The van der Waals surface area contributed by atoms with E-state index in [0.29, 0.717) is 11.7 Å². The van der Waals surface area contributed by atoms with E-state index < -0.39 is 0 Å². The van der Waals surface area contributed by atoms with Crippen LogP contribution in [0.5, 0.6) is 0 Å². The topological polar surface area (TPSA) is 66.5 Å². The number of H-pyrrole nitrogens is 1. The Morgan fingerprint density at radius 2 is 2.20 bits per heavy atom. The summed E-state index contributed by atoms with van der Waals surface area (Å²) in [6.45, 7) is 4.30. The lowest BCUT2D eigenvalue weighted by molar-refractivity contribution is 0.863. The van der Waals surface area contributed by atoms with E-state index in [1.54, 1.807) is 12.4 Å². The number of rotatable bonds is 3. The van der Waals surface area contributed by atoms with Crippen LogP contribution in [0.15, 0.2) is 24.5 Å². The van der Waals surface area contributed by atoms with Gasteiger partial charge in [-0.1, -0.05) is 13.8 Å². The first-order valence-electron chi connectivity index (χ1n) is 4.84. The molecule has 0 aliphatic heterocycles. The summed E-state index contributed by atoms with van der Waals surface area (Å²) in [7, 11) is 0. The predicted octanol–water partition coefficient (Wildman–Crippen LogP) is 2.07. The third-order valence-corrected chi connectivity index (χ3v) is 2.12. The van der Waals surface area contributed by atoms with Crippen molar-refractivity contribution in [3.63, 3.8) is 0 Å². The van der Waals surface area contributed by atoms with Gasteiger partial charge >= 0.3 is 0 Å². The molecule has 2 N–H and O–H groups in total. The van der Waals surface area contributed by atoms with Gasteiger partial charge in [0, 0.05) is 6.20 Å². The number of aromatic nitrogens is 4. The fourth-order valence-corrected chi connectivity index (χ4v) is 1.27. The van der Waals surface area contributed by atoms with Gasteiger partial charge in [0.15, 0.2) is 5.82 Å². The predicted molar refractivity (Wildman–Crippen MR) is 58.0 cm³/mol. The van der Waals surface area contributed by atoms with E-state index >= 15 is 0 Å². The van der Waals surface area contributed by atoms with Crippen molar-refractivity contribution in [1.82, 2.24) is 20.4 Å². The number of anilines is 2. The SMILES string of the molecule is CC(C)c1ccnc(Nc2cn[nH]n2)c1. The summed E-state index contributed by atoms with van der Waals surface area (Å²) >= 11 is 0. The molecule has 0 spiro atoms. The van der Waals surface area contributed by atoms with Gasteiger partial charge in [-0.05, 0) is 23.6 Å². The van der Waals surface area contributed by atoms with Crippen molar-refractivity contribution in [3.8, 4) is 0 Å². The smallest absolute Gasteiger partial charge is 0.173 e. The standard InChI is InChI=1S/C10H13N5/c1-7(2)8-3-4-11-9(5-8)13-10-6-12-15-14-10/h3-7H,1-2H3,(H2,11,12,13,14,15). The van der Waals surface area contributed by atoms with Gasteiger partial charge in [-0.25, -0.2) is 4.98 Å². The third-order valence-electron chi connectivity index (χ3n) is 2.12. The molecule has 2 aromatic heterocycles. The van der Waals surface area contributed by atoms with E-state index in [-0.39, 0.29) is 0 Å². The average Bonchev–Trinajstić information content (AvgIpc) is 2.71. The molecule has 0 aliphatic carbocycles. The monoisotopic (exact) mass is 203 g/mol. The Morgan fingerprint density at radius 3 is 2.87 bits per heavy atom. The van der Waals surface area contributed by atoms with Crippen LogP contribution in [0.4, 0.5) is 11.6 Å². The van der Waals surface area contributed by atoms with Crippen molar-refractivity contribution in [2.75, 3.05) is 5.32 Å². The number of pyridine rings is 1. The molecule has 0 fully saturated rings. The second-order valence-corrected chi connectivity index (χ2v) is 3.61. The molecule has 2 heterocycles. The third kappa shape index (κ3) is 2.31. The molecule has 0 saturated heterocycles. The molecule has 0 amide bonds. The molecule has 5 heteroatoms. The Kier molecular flexibility index (Phi) is 2.62. The quantitative estimate of drug-likeness (QED) is 0.801. The molecule has 0 bridgehead atoms. The minimum atomic E-state index is 0.492. The first kappa shape index (κ1) is 9.64. The Bertz CT molecular complexity index is 421. The normalized spacial score (nSPS) is 10.6. The summed E-state index contributed by atoms with van der Waals surface area (Å²) in [6, 6.07) is 4.03. The highest BCUT2D eigenvalue weighted by Gasteiger charge is 2.02. The van der Waals surface area contributed by atoms with Gasteiger partial charge in [0.05, 0.1) is 6.20 Å². The van der Waals surface area contributed by atoms with Crippen LogP contribution in [0.3, 0.4) is 0 Å². The minimum Gasteiger partial charge on any atom is -0.322 e. The molecular weight excluding hydrogens is 190 g/mol. The van der Waals surface area contributed by atoms with Crippen molar-refractivity contribution < 1.29 is 0 Å². The number of hydrogen-bond acceptors (Lipinski definition) is 4. The summed E-state index contributed by atoms with van der Waals surface area (Å²) in [5.41, 5.74) is 1.25. The second-order valence-electron chi connectivity index (χ2n) is 3.61. The molecule has 78 valence electrons. The van der Waals surface area contributed by atoms with Crippen molar-refractivity contribution in [2.24, 2.45) is 0 Å². The highest BCUT2D eigenvalue weighted by molar-refractivity contribution is 5.50. The van der Waals surface area contributed by atoms with E-state index in [2.05, 4.69) is 39.6 Å².